The molecule has 0 saturated carbocycles. The fourth-order valence-electron chi connectivity index (χ4n) is 3.96. The molecule has 1 saturated heterocycles. The first kappa shape index (κ1) is 18.7. The van der Waals surface area contributed by atoms with Gasteiger partial charge in [0.1, 0.15) is 5.60 Å². The standard InChI is InChI=1S/C19H30N4O3/c1-12-8-13(2)10-23(9-12)17(24)16-14-6-7-22(11-15(14)20-21-16)18(25)26-19(3,4)5/h12-13H,6-11H2,1-5H3,(H,20,21). The molecule has 2 amide bonds. The number of hydrogen-bond donors (Lipinski definition) is 1. The van der Waals surface area contributed by atoms with Gasteiger partial charge in [0.25, 0.3) is 5.91 Å². The van der Waals surface area contributed by atoms with Crippen molar-refractivity contribution in [2.45, 2.75) is 59.6 Å². The molecule has 0 aromatic carbocycles. The molecule has 0 spiro atoms. The summed E-state index contributed by atoms with van der Waals surface area (Å²) < 4.78 is 5.44. The quantitative estimate of drug-likeness (QED) is 0.833. The number of likely N-dealkylation sites (tertiary alicyclic amines) is 1. The summed E-state index contributed by atoms with van der Waals surface area (Å²) >= 11 is 0. The van der Waals surface area contributed by atoms with E-state index < -0.39 is 5.60 Å². The Balaban J connectivity index is 1.71. The minimum Gasteiger partial charge on any atom is -0.444 e. The molecule has 2 atom stereocenters. The number of rotatable bonds is 1. The van der Waals surface area contributed by atoms with Gasteiger partial charge < -0.3 is 14.5 Å². The first-order chi connectivity index (χ1) is 12.1. The van der Waals surface area contributed by atoms with Crippen molar-refractivity contribution in [3.8, 4) is 0 Å². The van der Waals surface area contributed by atoms with Gasteiger partial charge in [-0.25, -0.2) is 4.79 Å². The smallest absolute Gasteiger partial charge is 0.410 e. The van der Waals surface area contributed by atoms with Crippen LogP contribution in [0.3, 0.4) is 0 Å². The minimum atomic E-state index is -0.520. The zero-order valence-corrected chi connectivity index (χ0v) is 16.5. The number of fused-ring (bicyclic) bond motifs is 1. The van der Waals surface area contributed by atoms with Crippen LogP contribution in [-0.4, -0.2) is 57.2 Å². The van der Waals surface area contributed by atoms with Gasteiger partial charge in [0.15, 0.2) is 5.69 Å². The van der Waals surface area contributed by atoms with Crippen molar-refractivity contribution in [3.63, 3.8) is 0 Å². The van der Waals surface area contributed by atoms with Gasteiger partial charge in [-0.15, -0.1) is 0 Å². The number of carbonyl (C=O) groups is 2. The van der Waals surface area contributed by atoms with Gasteiger partial charge in [0.2, 0.25) is 0 Å². The molecule has 26 heavy (non-hydrogen) atoms. The SMILES string of the molecule is CC1CC(C)CN(C(=O)c2n[nH]c3c2CCN(C(=O)OC(C)(C)C)C3)C1. The van der Waals surface area contributed by atoms with Crippen LogP contribution >= 0.6 is 0 Å². The van der Waals surface area contributed by atoms with Crippen molar-refractivity contribution < 1.29 is 14.3 Å². The van der Waals surface area contributed by atoms with Gasteiger partial charge in [0, 0.05) is 25.2 Å². The molecule has 0 radical (unpaired) electrons. The molecule has 3 heterocycles. The van der Waals surface area contributed by atoms with Gasteiger partial charge in [-0.2, -0.15) is 5.10 Å². The highest BCUT2D eigenvalue weighted by molar-refractivity contribution is 5.94. The maximum atomic E-state index is 13.0. The summed E-state index contributed by atoms with van der Waals surface area (Å²) in [6.07, 6.45) is 1.45. The molecule has 1 N–H and O–H groups in total. The highest BCUT2D eigenvalue weighted by atomic mass is 16.6. The predicted molar refractivity (Wildman–Crippen MR) is 97.8 cm³/mol. The summed E-state index contributed by atoms with van der Waals surface area (Å²) in [6, 6.07) is 0. The Hall–Kier alpha value is -2.05. The van der Waals surface area contributed by atoms with Crippen LogP contribution < -0.4 is 0 Å². The molecule has 2 aliphatic rings. The maximum Gasteiger partial charge on any atom is 0.410 e. The van der Waals surface area contributed by atoms with Gasteiger partial charge in [0.05, 0.1) is 12.2 Å². The summed E-state index contributed by atoms with van der Waals surface area (Å²) in [6.45, 7) is 12.5. The Kier molecular flexibility index (Phi) is 4.99. The number of nitrogens with one attached hydrogen (secondary N) is 1. The van der Waals surface area contributed by atoms with E-state index in [1.54, 1.807) is 4.90 Å². The number of nitrogens with zero attached hydrogens (tertiary/aromatic N) is 3. The summed E-state index contributed by atoms with van der Waals surface area (Å²) in [4.78, 5) is 28.8. The van der Waals surface area contributed by atoms with E-state index in [0.29, 0.717) is 37.0 Å². The zero-order chi connectivity index (χ0) is 19.1. The Labute approximate surface area is 155 Å². The van der Waals surface area contributed by atoms with Crippen molar-refractivity contribution >= 4 is 12.0 Å². The largest absolute Gasteiger partial charge is 0.444 e. The van der Waals surface area contributed by atoms with E-state index in [9.17, 15) is 9.59 Å². The number of hydrogen-bond acceptors (Lipinski definition) is 4. The Morgan fingerprint density at radius 3 is 2.42 bits per heavy atom. The van der Waals surface area contributed by atoms with Gasteiger partial charge >= 0.3 is 6.09 Å². The number of aromatic amines is 1. The van der Waals surface area contributed by atoms with E-state index in [2.05, 4.69) is 24.0 Å². The molecule has 3 rings (SSSR count). The molecular formula is C19H30N4O3. The van der Waals surface area contributed by atoms with Gasteiger partial charge in [-0.05, 0) is 45.4 Å². The molecule has 0 aliphatic carbocycles. The van der Waals surface area contributed by atoms with Crippen LogP contribution in [0.15, 0.2) is 0 Å². The highest BCUT2D eigenvalue weighted by Gasteiger charge is 2.33. The lowest BCUT2D eigenvalue weighted by Gasteiger charge is -2.35. The first-order valence-corrected chi connectivity index (χ1v) is 9.47. The van der Waals surface area contributed by atoms with Crippen molar-refractivity contribution in [2.75, 3.05) is 19.6 Å². The fraction of sp³-hybridized carbons (Fsp3) is 0.737. The van der Waals surface area contributed by atoms with Crippen molar-refractivity contribution in [2.24, 2.45) is 11.8 Å². The molecule has 2 unspecified atom stereocenters. The third kappa shape index (κ3) is 4.02. The minimum absolute atomic E-state index is 0.00613. The normalized spacial score (nSPS) is 23.6. The number of ether oxygens (including phenoxy) is 1. The number of aromatic nitrogens is 2. The lowest BCUT2D eigenvalue weighted by atomic mass is 9.91. The molecule has 1 aromatic heterocycles. The summed E-state index contributed by atoms with van der Waals surface area (Å²) in [5.74, 6) is 1.03. The first-order valence-electron chi connectivity index (χ1n) is 9.47. The molecular weight excluding hydrogens is 332 g/mol. The second-order valence-electron chi connectivity index (χ2n) is 8.84. The molecule has 144 valence electrons. The number of H-pyrrole nitrogens is 1. The predicted octanol–water partition coefficient (Wildman–Crippen LogP) is 2.82. The Morgan fingerprint density at radius 2 is 1.81 bits per heavy atom. The van der Waals surface area contributed by atoms with Crippen LogP contribution in [0.5, 0.6) is 0 Å². The summed E-state index contributed by atoms with van der Waals surface area (Å²) in [5.41, 5.74) is 1.78. The second kappa shape index (κ2) is 6.93. The van der Waals surface area contributed by atoms with E-state index in [1.807, 2.05) is 25.7 Å². The number of piperidine rings is 1. The topological polar surface area (TPSA) is 78.5 Å². The fourth-order valence-corrected chi connectivity index (χ4v) is 3.96. The van der Waals surface area contributed by atoms with E-state index >= 15 is 0 Å². The molecule has 2 aliphatic heterocycles. The third-order valence-corrected chi connectivity index (χ3v) is 4.94. The van der Waals surface area contributed by atoms with E-state index in [0.717, 1.165) is 30.8 Å². The zero-order valence-electron chi connectivity index (χ0n) is 16.5. The van der Waals surface area contributed by atoms with E-state index in [4.69, 9.17) is 4.74 Å². The third-order valence-electron chi connectivity index (χ3n) is 4.94. The summed E-state index contributed by atoms with van der Waals surface area (Å²) in [5, 5.41) is 7.27. The molecule has 1 fully saturated rings. The van der Waals surface area contributed by atoms with E-state index in [-0.39, 0.29) is 12.0 Å². The van der Waals surface area contributed by atoms with Crippen molar-refractivity contribution in [1.29, 1.82) is 0 Å². The Bertz CT molecular complexity index is 681. The van der Waals surface area contributed by atoms with Gasteiger partial charge in [-0.3, -0.25) is 9.89 Å². The molecule has 7 nitrogen and oxygen atoms in total. The molecule has 0 bridgehead atoms. The Morgan fingerprint density at radius 1 is 1.15 bits per heavy atom. The highest BCUT2D eigenvalue weighted by Crippen LogP contribution is 2.26. The molecule has 7 heteroatoms. The summed E-state index contributed by atoms with van der Waals surface area (Å²) in [7, 11) is 0. The average Bonchev–Trinajstić information content (AvgIpc) is 2.94. The maximum absolute atomic E-state index is 13.0. The van der Waals surface area contributed by atoms with Crippen molar-refractivity contribution in [3.05, 3.63) is 17.0 Å². The average molecular weight is 362 g/mol. The van der Waals surface area contributed by atoms with Crippen LogP contribution in [-0.2, 0) is 17.7 Å². The lowest BCUT2D eigenvalue weighted by molar-refractivity contribution is 0.0221. The monoisotopic (exact) mass is 362 g/mol. The van der Waals surface area contributed by atoms with E-state index in [1.165, 1.54) is 0 Å². The van der Waals surface area contributed by atoms with Gasteiger partial charge in [-0.1, -0.05) is 13.8 Å². The van der Waals surface area contributed by atoms with Crippen LogP contribution in [0.4, 0.5) is 4.79 Å². The van der Waals surface area contributed by atoms with Crippen LogP contribution in [0.1, 0.15) is 62.8 Å². The van der Waals surface area contributed by atoms with Crippen LogP contribution in [0, 0.1) is 11.8 Å². The second-order valence-corrected chi connectivity index (χ2v) is 8.84. The van der Waals surface area contributed by atoms with Crippen LogP contribution in [0.2, 0.25) is 0 Å². The van der Waals surface area contributed by atoms with Crippen molar-refractivity contribution in [1.82, 2.24) is 20.0 Å². The van der Waals surface area contributed by atoms with Crippen LogP contribution in [0.25, 0.3) is 0 Å². The molecule has 1 aromatic rings. The number of amides is 2. The number of carbonyl (C=O) groups excluding carboxylic acids is 2. The lowest BCUT2D eigenvalue weighted by Crippen LogP contribution is -2.43.